The highest BCUT2D eigenvalue weighted by atomic mass is 16.1. The first-order chi connectivity index (χ1) is 9.15. The SMILES string of the molecule is Cc1ccc(-n2ccc(C(N)=C3CC3)cc2=O)nc1. The van der Waals surface area contributed by atoms with Crippen LogP contribution in [0.1, 0.15) is 24.0 Å². The molecule has 4 nitrogen and oxygen atoms in total. The molecule has 19 heavy (non-hydrogen) atoms. The van der Waals surface area contributed by atoms with Gasteiger partial charge in [-0.25, -0.2) is 4.98 Å². The molecule has 0 amide bonds. The summed E-state index contributed by atoms with van der Waals surface area (Å²) in [5.41, 5.74) is 9.75. The van der Waals surface area contributed by atoms with E-state index in [1.165, 1.54) is 10.1 Å². The van der Waals surface area contributed by atoms with Gasteiger partial charge in [-0.3, -0.25) is 9.36 Å². The molecule has 96 valence electrons. The van der Waals surface area contributed by atoms with E-state index in [2.05, 4.69) is 4.98 Å². The molecule has 2 N–H and O–H groups in total. The van der Waals surface area contributed by atoms with Gasteiger partial charge < -0.3 is 5.73 Å². The Labute approximate surface area is 111 Å². The molecular weight excluding hydrogens is 238 g/mol. The summed E-state index contributed by atoms with van der Waals surface area (Å²) < 4.78 is 1.52. The van der Waals surface area contributed by atoms with Gasteiger partial charge in [0.15, 0.2) is 0 Å². The van der Waals surface area contributed by atoms with E-state index in [4.69, 9.17) is 5.73 Å². The Bertz CT molecular complexity index is 705. The van der Waals surface area contributed by atoms with Gasteiger partial charge >= 0.3 is 0 Å². The molecule has 2 heterocycles. The van der Waals surface area contributed by atoms with E-state index in [0.717, 1.165) is 29.7 Å². The zero-order valence-corrected chi connectivity index (χ0v) is 10.8. The number of nitrogens with zero attached hydrogens (tertiary/aromatic N) is 2. The molecule has 0 aliphatic heterocycles. The molecule has 4 heteroatoms. The predicted molar refractivity (Wildman–Crippen MR) is 74.9 cm³/mol. The molecule has 0 bridgehead atoms. The molecule has 3 rings (SSSR count). The summed E-state index contributed by atoms with van der Waals surface area (Å²) in [6.45, 7) is 1.96. The third-order valence-corrected chi connectivity index (χ3v) is 3.25. The molecule has 2 aromatic heterocycles. The lowest BCUT2D eigenvalue weighted by molar-refractivity contribution is 0.935. The van der Waals surface area contributed by atoms with E-state index in [0.29, 0.717) is 5.82 Å². The Balaban J connectivity index is 2.03. The number of aromatic nitrogens is 2. The van der Waals surface area contributed by atoms with Crippen LogP contribution in [0.15, 0.2) is 47.0 Å². The second-order valence-corrected chi connectivity index (χ2v) is 4.83. The molecule has 2 aromatic rings. The van der Waals surface area contributed by atoms with Gasteiger partial charge in [-0.2, -0.15) is 0 Å². The summed E-state index contributed by atoms with van der Waals surface area (Å²) in [6.07, 6.45) is 5.57. The van der Waals surface area contributed by atoms with Crippen LogP contribution in [0.2, 0.25) is 0 Å². The number of pyridine rings is 2. The van der Waals surface area contributed by atoms with Crippen molar-refractivity contribution in [2.45, 2.75) is 19.8 Å². The minimum Gasteiger partial charge on any atom is -0.398 e. The maximum absolute atomic E-state index is 12.1. The normalized spacial score (nSPS) is 13.4. The second kappa shape index (κ2) is 4.39. The molecule has 1 saturated carbocycles. The van der Waals surface area contributed by atoms with Crippen molar-refractivity contribution in [1.29, 1.82) is 0 Å². The Kier molecular flexibility index (Phi) is 2.71. The quantitative estimate of drug-likeness (QED) is 0.890. The summed E-state index contributed by atoms with van der Waals surface area (Å²) in [6, 6.07) is 7.20. The van der Waals surface area contributed by atoms with E-state index < -0.39 is 0 Å². The van der Waals surface area contributed by atoms with Crippen molar-refractivity contribution in [3.63, 3.8) is 0 Å². The molecule has 0 atom stereocenters. The number of nitrogens with two attached hydrogens (primary N) is 1. The second-order valence-electron chi connectivity index (χ2n) is 4.83. The number of hydrogen-bond donors (Lipinski definition) is 1. The Hall–Kier alpha value is -2.36. The van der Waals surface area contributed by atoms with E-state index in [9.17, 15) is 4.79 Å². The number of allylic oxidation sites excluding steroid dienone is 1. The lowest BCUT2D eigenvalue weighted by atomic mass is 10.2. The van der Waals surface area contributed by atoms with E-state index in [-0.39, 0.29) is 5.56 Å². The van der Waals surface area contributed by atoms with Gasteiger partial charge in [0.05, 0.1) is 0 Å². The van der Waals surface area contributed by atoms with Gasteiger partial charge in [-0.1, -0.05) is 6.07 Å². The molecular formula is C15H15N3O. The van der Waals surface area contributed by atoms with E-state index in [1.807, 2.05) is 25.1 Å². The molecule has 0 aromatic carbocycles. The third-order valence-electron chi connectivity index (χ3n) is 3.25. The first kappa shape index (κ1) is 11.7. The number of hydrogen-bond acceptors (Lipinski definition) is 3. The monoisotopic (exact) mass is 253 g/mol. The topological polar surface area (TPSA) is 60.9 Å². The van der Waals surface area contributed by atoms with Crippen LogP contribution in [0.5, 0.6) is 0 Å². The molecule has 0 radical (unpaired) electrons. The van der Waals surface area contributed by atoms with Gasteiger partial charge in [0.25, 0.3) is 5.56 Å². The highest BCUT2D eigenvalue weighted by Crippen LogP contribution is 2.33. The van der Waals surface area contributed by atoms with Crippen LogP contribution in [-0.4, -0.2) is 9.55 Å². The fraction of sp³-hybridized carbons (Fsp3) is 0.200. The fourth-order valence-corrected chi connectivity index (χ4v) is 1.97. The zero-order valence-electron chi connectivity index (χ0n) is 10.8. The van der Waals surface area contributed by atoms with Gasteiger partial charge in [0.2, 0.25) is 0 Å². The standard InChI is InChI=1S/C15H15N3O/c1-10-2-5-13(17-9-10)18-7-6-12(8-14(18)19)15(16)11-3-4-11/h2,5-9H,3-4,16H2,1H3. The largest absolute Gasteiger partial charge is 0.398 e. The van der Waals surface area contributed by atoms with Crippen molar-refractivity contribution >= 4 is 5.70 Å². The molecule has 0 spiro atoms. The van der Waals surface area contributed by atoms with Crippen molar-refractivity contribution < 1.29 is 0 Å². The minimum absolute atomic E-state index is 0.113. The number of rotatable bonds is 2. The van der Waals surface area contributed by atoms with Crippen LogP contribution in [-0.2, 0) is 0 Å². The molecule has 1 aliphatic carbocycles. The van der Waals surface area contributed by atoms with E-state index in [1.54, 1.807) is 18.5 Å². The van der Waals surface area contributed by atoms with Crippen molar-refractivity contribution in [2.75, 3.05) is 0 Å². The Morgan fingerprint density at radius 3 is 2.68 bits per heavy atom. The van der Waals surface area contributed by atoms with E-state index >= 15 is 0 Å². The average molecular weight is 253 g/mol. The molecule has 1 fully saturated rings. The van der Waals surface area contributed by atoms with Gasteiger partial charge in [0, 0.05) is 29.7 Å². The maximum Gasteiger partial charge on any atom is 0.256 e. The van der Waals surface area contributed by atoms with Gasteiger partial charge in [-0.05, 0) is 43.0 Å². The van der Waals surface area contributed by atoms with Crippen molar-refractivity contribution in [3.05, 3.63) is 63.7 Å². The van der Waals surface area contributed by atoms with Crippen LogP contribution in [0, 0.1) is 6.92 Å². The first-order valence-electron chi connectivity index (χ1n) is 6.29. The Morgan fingerprint density at radius 2 is 2.11 bits per heavy atom. The van der Waals surface area contributed by atoms with Crippen molar-refractivity contribution in [1.82, 2.24) is 9.55 Å². The molecule has 0 unspecified atom stereocenters. The summed E-state index contributed by atoms with van der Waals surface area (Å²) in [5.74, 6) is 0.625. The third kappa shape index (κ3) is 2.29. The smallest absolute Gasteiger partial charge is 0.256 e. The first-order valence-corrected chi connectivity index (χ1v) is 6.29. The summed E-state index contributed by atoms with van der Waals surface area (Å²) in [5, 5.41) is 0. The highest BCUT2D eigenvalue weighted by Gasteiger charge is 2.17. The fourth-order valence-electron chi connectivity index (χ4n) is 1.97. The van der Waals surface area contributed by atoms with Gasteiger partial charge in [-0.15, -0.1) is 0 Å². The summed E-state index contributed by atoms with van der Waals surface area (Å²) in [7, 11) is 0. The lowest BCUT2D eigenvalue weighted by Gasteiger charge is -2.06. The van der Waals surface area contributed by atoms with Crippen molar-refractivity contribution in [2.24, 2.45) is 5.73 Å². The average Bonchev–Trinajstić information content (AvgIpc) is 3.23. The maximum atomic E-state index is 12.1. The number of aryl methyl sites for hydroxylation is 1. The lowest BCUT2D eigenvalue weighted by Crippen LogP contribution is -2.18. The van der Waals surface area contributed by atoms with Crippen LogP contribution in [0.4, 0.5) is 0 Å². The predicted octanol–water partition coefficient (Wildman–Crippen LogP) is 2.00. The Morgan fingerprint density at radius 1 is 1.32 bits per heavy atom. The minimum atomic E-state index is -0.113. The van der Waals surface area contributed by atoms with Crippen LogP contribution in [0.3, 0.4) is 0 Å². The van der Waals surface area contributed by atoms with Crippen molar-refractivity contribution in [3.8, 4) is 5.82 Å². The molecule has 1 aliphatic rings. The summed E-state index contributed by atoms with van der Waals surface area (Å²) in [4.78, 5) is 16.4. The molecule has 0 saturated heterocycles. The zero-order chi connectivity index (χ0) is 13.4. The van der Waals surface area contributed by atoms with Crippen LogP contribution in [0.25, 0.3) is 11.5 Å². The van der Waals surface area contributed by atoms with Crippen LogP contribution >= 0.6 is 0 Å². The highest BCUT2D eigenvalue weighted by molar-refractivity contribution is 5.68. The van der Waals surface area contributed by atoms with Gasteiger partial charge in [0.1, 0.15) is 5.82 Å². The van der Waals surface area contributed by atoms with Crippen LogP contribution < -0.4 is 11.3 Å². The summed E-state index contributed by atoms with van der Waals surface area (Å²) >= 11 is 0.